The van der Waals surface area contributed by atoms with Crippen molar-refractivity contribution in [2.24, 2.45) is 5.14 Å². The van der Waals surface area contributed by atoms with Crippen LogP contribution in [0.4, 0.5) is 5.69 Å². The summed E-state index contributed by atoms with van der Waals surface area (Å²) in [5.74, 6) is -1.63. The summed E-state index contributed by atoms with van der Waals surface area (Å²) in [5.41, 5.74) is 1.74. The lowest BCUT2D eigenvalue weighted by atomic mass is 10.1. The van der Waals surface area contributed by atoms with E-state index in [2.05, 4.69) is 5.32 Å². The van der Waals surface area contributed by atoms with E-state index < -0.39 is 21.9 Å². The Morgan fingerprint density at radius 1 is 1.29 bits per heavy atom. The summed E-state index contributed by atoms with van der Waals surface area (Å²) in [6.07, 6.45) is 0. The molecule has 21 heavy (non-hydrogen) atoms. The Morgan fingerprint density at radius 2 is 1.90 bits per heavy atom. The lowest BCUT2D eigenvalue weighted by molar-refractivity contribution is -0.133. The fourth-order valence-electron chi connectivity index (χ4n) is 1.54. The number of carbonyl (C=O) groups is 2. The molecule has 0 spiro atoms. The van der Waals surface area contributed by atoms with Gasteiger partial charge in [-0.1, -0.05) is 0 Å². The van der Waals surface area contributed by atoms with Gasteiger partial charge in [0, 0.05) is 5.69 Å². The van der Waals surface area contributed by atoms with E-state index >= 15 is 0 Å². The number of aryl methyl sites for hydroxylation is 1. The van der Waals surface area contributed by atoms with Crippen LogP contribution in [0.1, 0.15) is 11.1 Å². The van der Waals surface area contributed by atoms with Gasteiger partial charge >= 0.3 is 5.97 Å². The maximum atomic E-state index is 11.7. The van der Waals surface area contributed by atoms with Gasteiger partial charge in [-0.15, -0.1) is 11.8 Å². The monoisotopic (exact) mass is 332 g/mol. The number of carboxylic acid groups (broad SMARTS) is 1. The lowest BCUT2D eigenvalue weighted by Crippen LogP contribution is -2.18. The van der Waals surface area contributed by atoms with E-state index in [1.165, 1.54) is 12.1 Å². The predicted molar refractivity (Wildman–Crippen MR) is 80.9 cm³/mol. The van der Waals surface area contributed by atoms with Crippen LogP contribution >= 0.6 is 11.8 Å². The molecule has 0 aliphatic rings. The minimum atomic E-state index is -3.86. The summed E-state index contributed by atoms with van der Waals surface area (Å²) in [4.78, 5) is 22.0. The summed E-state index contributed by atoms with van der Waals surface area (Å²) >= 11 is 0.954. The number of benzene rings is 1. The number of anilines is 1. The Kier molecular flexibility index (Phi) is 5.76. The quantitative estimate of drug-likeness (QED) is 0.704. The van der Waals surface area contributed by atoms with E-state index in [9.17, 15) is 18.0 Å². The molecule has 1 rings (SSSR count). The smallest absolute Gasteiger partial charge is 0.313 e. The van der Waals surface area contributed by atoms with Crippen molar-refractivity contribution in [2.75, 3.05) is 16.8 Å². The average Bonchev–Trinajstić information content (AvgIpc) is 2.32. The number of sulfonamides is 1. The van der Waals surface area contributed by atoms with Crippen LogP contribution in [-0.2, 0) is 19.6 Å². The van der Waals surface area contributed by atoms with Gasteiger partial charge in [-0.25, -0.2) is 13.6 Å². The van der Waals surface area contributed by atoms with Gasteiger partial charge in [-0.2, -0.15) is 0 Å². The van der Waals surface area contributed by atoms with Gasteiger partial charge < -0.3 is 10.4 Å². The van der Waals surface area contributed by atoms with Crippen LogP contribution in [0.2, 0.25) is 0 Å². The van der Waals surface area contributed by atoms with Crippen LogP contribution in [0.3, 0.4) is 0 Å². The predicted octanol–water partition coefficient (Wildman–Crippen LogP) is 0.707. The first kappa shape index (κ1) is 17.5. The maximum absolute atomic E-state index is 11.7. The zero-order valence-corrected chi connectivity index (χ0v) is 13.2. The second kappa shape index (κ2) is 6.92. The number of primary sulfonamides is 1. The zero-order chi connectivity index (χ0) is 16.2. The molecule has 9 heteroatoms. The molecule has 0 radical (unpaired) electrons. The fraction of sp³-hybridized carbons (Fsp3) is 0.333. The number of nitrogens with one attached hydrogen (secondary N) is 1. The SMILES string of the molecule is Cc1cc(S(N)(=O)=O)cc(NC(=O)CSCC(=O)O)c1C. The molecule has 7 nitrogen and oxygen atoms in total. The van der Waals surface area contributed by atoms with Crippen LogP contribution < -0.4 is 10.5 Å². The van der Waals surface area contributed by atoms with Crippen molar-refractivity contribution in [3.05, 3.63) is 23.3 Å². The second-order valence-corrected chi connectivity index (χ2v) is 6.94. The first-order chi connectivity index (χ1) is 9.61. The minimum absolute atomic E-state index is 0.0373. The molecule has 0 saturated heterocycles. The number of nitrogens with two attached hydrogens (primary N) is 1. The molecule has 0 fully saturated rings. The van der Waals surface area contributed by atoms with Crippen molar-refractivity contribution < 1.29 is 23.1 Å². The number of carbonyl (C=O) groups excluding carboxylic acids is 1. The van der Waals surface area contributed by atoms with Crippen molar-refractivity contribution in [2.45, 2.75) is 18.7 Å². The Hall–Kier alpha value is -1.58. The average molecular weight is 332 g/mol. The van der Waals surface area contributed by atoms with Gasteiger partial charge in [0.25, 0.3) is 0 Å². The number of aliphatic carboxylic acids is 1. The first-order valence-corrected chi connectivity index (χ1v) is 8.55. The molecule has 0 heterocycles. The number of hydrogen-bond donors (Lipinski definition) is 3. The molecule has 0 aliphatic heterocycles. The largest absolute Gasteiger partial charge is 0.481 e. The van der Waals surface area contributed by atoms with Gasteiger partial charge in [-0.05, 0) is 37.1 Å². The highest BCUT2D eigenvalue weighted by Gasteiger charge is 2.14. The van der Waals surface area contributed by atoms with E-state index in [0.29, 0.717) is 11.3 Å². The van der Waals surface area contributed by atoms with Crippen LogP contribution in [0.25, 0.3) is 0 Å². The summed E-state index contributed by atoms with van der Waals surface area (Å²) < 4.78 is 22.8. The van der Waals surface area contributed by atoms with Gasteiger partial charge in [-0.3, -0.25) is 9.59 Å². The number of rotatable bonds is 6. The summed E-state index contributed by atoms with van der Waals surface area (Å²) in [7, 11) is -3.86. The lowest BCUT2D eigenvalue weighted by Gasteiger charge is -2.12. The van der Waals surface area contributed by atoms with Crippen LogP contribution in [0, 0.1) is 13.8 Å². The topological polar surface area (TPSA) is 127 Å². The molecular formula is C12H16N2O5S2. The molecule has 1 aromatic carbocycles. The van der Waals surface area contributed by atoms with E-state index in [4.69, 9.17) is 10.2 Å². The van der Waals surface area contributed by atoms with E-state index in [1.807, 2.05) is 0 Å². The molecule has 0 bridgehead atoms. The van der Waals surface area contributed by atoms with Gasteiger partial charge in [0.15, 0.2) is 0 Å². The van der Waals surface area contributed by atoms with Gasteiger partial charge in [0.05, 0.1) is 16.4 Å². The Bertz CT molecular complexity index is 670. The fourth-order valence-corrected chi connectivity index (χ4v) is 2.70. The molecule has 1 amide bonds. The van der Waals surface area contributed by atoms with E-state index in [1.54, 1.807) is 13.8 Å². The van der Waals surface area contributed by atoms with Crippen molar-refractivity contribution in [1.82, 2.24) is 0 Å². The summed E-state index contributed by atoms with van der Waals surface area (Å²) in [5, 5.41) is 16.1. The van der Waals surface area contributed by atoms with Crippen molar-refractivity contribution in [1.29, 1.82) is 0 Å². The highest BCUT2D eigenvalue weighted by atomic mass is 32.2. The third kappa shape index (κ3) is 5.37. The Morgan fingerprint density at radius 3 is 2.43 bits per heavy atom. The van der Waals surface area contributed by atoms with Crippen molar-refractivity contribution >= 4 is 39.3 Å². The molecule has 0 saturated carbocycles. The van der Waals surface area contributed by atoms with E-state index in [0.717, 1.165) is 17.3 Å². The van der Waals surface area contributed by atoms with Crippen molar-refractivity contribution in [3.8, 4) is 0 Å². The molecule has 116 valence electrons. The Balaban J connectivity index is 2.90. The number of hydrogen-bond acceptors (Lipinski definition) is 5. The van der Waals surface area contributed by atoms with E-state index in [-0.39, 0.29) is 16.4 Å². The normalized spacial score (nSPS) is 11.2. The first-order valence-electron chi connectivity index (χ1n) is 5.84. The highest BCUT2D eigenvalue weighted by molar-refractivity contribution is 8.00. The van der Waals surface area contributed by atoms with Crippen LogP contribution in [0.5, 0.6) is 0 Å². The maximum Gasteiger partial charge on any atom is 0.313 e. The molecule has 0 atom stereocenters. The number of amides is 1. The molecule has 4 N–H and O–H groups in total. The molecular weight excluding hydrogens is 316 g/mol. The standard InChI is InChI=1S/C12H16N2O5S2/c1-7-3-9(21(13,18)19)4-10(8(7)2)14-11(15)5-20-6-12(16)17/h3-4H,5-6H2,1-2H3,(H,14,15)(H,16,17)(H2,13,18,19). The number of carboxylic acids is 1. The molecule has 0 aliphatic carbocycles. The molecule has 0 aromatic heterocycles. The third-order valence-electron chi connectivity index (χ3n) is 2.70. The third-order valence-corrected chi connectivity index (χ3v) is 4.51. The van der Waals surface area contributed by atoms with Gasteiger partial charge in [0.1, 0.15) is 0 Å². The molecule has 0 unspecified atom stereocenters. The molecule has 1 aromatic rings. The highest BCUT2D eigenvalue weighted by Crippen LogP contribution is 2.23. The number of thioether (sulfide) groups is 1. The van der Waals surface area contributed by atoms with Crippen LogP contribution in [-0.4, -0.2) is 36.9 Å². The van der Waals surface area contributed by atoms with Gasteiger partial charge in [0.2, 0.25) is 15.9 Å². The van der Waals surface area contributed by atoms with Crippen LogP contribution in [0.15, 0.2) is 17.0 Å². The minimum Gasteiger partial charge on any atom is -0.481 e. The van der Waals surface area contributed by atoms with Crippen molar-refractivity contribution in [3.63, 3.8) is 0 Å². The Labute approximate surface area is 127 Å². The second-order valence-electron chi connectivity index (χ2n) is 4.39. The summed E-state index contributed by atoms with van der Waals surface area (Å²) in [6.45, 7) is 3.45. The zero-order valence-electron chi connectivity index (χ0n) is 11.5. The summed E-state index contributed by atoms with van der Waals surface area (Å²) in [6, 6.07) is 2.72.